The van der Waals surface area contributed by atoms with Gasteiger partial charge in [-0.05, 0) is 32.8 Å². The summed E-state index contributed by atoms with van der Waals surface area (Å²) in [6.07, 6.45) is 1.06. The summed E-state index contributed by atoms with van der Waals surface area (Å²) in [5.74, 6) is 0. The van der Waals surface area contributed by atoms with Gasteiger partial charge in [0, 0.05) is 16.3 Å². The maximum Gasteiger partial charge on any atom is 0.0385 e. The van der Waals surface area contributed by atoms with Crippen molar-refractivity contribution in [1.82, 2.24) is 4.98 Å². The van der Waals surface area contributed by atoms with E-state index >= 15 is 0 Å². The van der Waals surface area contributed by atoms with E-state index in [0.29, 0.717) is 0 Å². The molecule has 1 heteroatoms. The van der Waals surface area contributed by atoms with Gasteiger partial charge in [0.25, 0.3) is 0 Å². The van der Waals surface area contributed by atoms with E-state index in [2.05, 4.69) is 39.3 Å². The fraction of sp³-hybridized carbons (Fsp3) is 0.455. The zero-order chi connectivity index (χ0) is 9.30. The van der Waals surface area contributed by atoms with Crippen molar-refractivity contribution in [2.45, 2.75) is 34.1 Å². The van der Waals surface area contributed by atoms with Gasteiger partial charge in [0.1, 0.15) is 0 Å². The first-order chi connectivity index (χ1) is 5.57. The molecule has 1 nitrogen and oxygen atoms in total. The number of hydrogen-bond acceptors (Lipinski definition) is 0. The fourth-order valence-electron chi connectivity index (χ4n) is 1.75. The van der Waals surface area contributed by atoms with Crippen LogP contribution in [0.1, 0.15) is 32.0 Å². The largest absolute Gasteiger partial charge is 0.359 e. The summed E-state index contributed by atoms with van der Waals surface area (Å²) in [7, 11) is 0. The number of aryl methyl sites for hydroxylation is 1. The van der Waals surface area contributed by atoms with Crippen molar-refractivity contribution in [3.05, 3.63) is 21.8 Å². The Labute approximate surface area is 73.8 Å². The molecule has 0 aliphatic rings. The molecule has 0 aliphatic heterocycles. The average molecular weight is 163 g/mol. The first-order valence-corrected chi connectivity index (χ1v) is 4.41. The van der Waals surface area contributed by atoms with Crippen molar-refractivity contribution in [3.63, 3.8) is 0 Å². The predicted molar refractivity (Wildman–Crippen MR) is 54.4 cm³/mol. The molecule has 1 rings (SSSR count). The number of hydrogen-bond donors (Lipinski definition) is 1. The molecule has 66 valence electrons. The number of aromatic amines is 1. The van der Waals surface area contributed by atoms with Crippen LogP contribution in [0.15, 0.2) is 0 Å². The van der Waals surface area contributed by atoms with Crippen LogP contribution in [0.2, 0.25) is 0 Å². The summed E-state index contributed by atoms with van der Waals surface area (Å²) in [6.45, 7) is 12.6. The average Bonchev–Trinajstić information content (AvgIpc) is 2.25. The molecule has 0 saturated heterocycles. The minimum Gasteiger partial charge on any atom is -0.359 e. The predicted octanol–water partition coefficient (Wildman–Crippen LogP) is 1.49. The van der Waals surface area contributed by atoms with Crippen LogP contribution in [0.5, 0.6) is 0 Å². The molecule has 0 saturated carbocycles. The Morgan fingerprint density at radius 2 is 2.00 bits per heavy atom. The number of aromatic nitrogens is 1. The zero-order valence-electron chi connectivity index (χ0n) is 8.41. The van der Waals surface area contributed by atoms with E-state index in [0.717, 1.165) is 11.8 Å². The van der Waals surface area contributed by atoms with E-state index < -0.39 is 0 Å². The maximum atomic E-state index is 3.99. The van der Waals surface area contributed by atoms with Crippen LogP contribution in [0.4, 0.5) is 0 Å². The van der Waals surface area contributed by atoms with Gasteiger partial charge in [-0.1, -0.05) is 19.1 Å². The molecular formula is C11H17N. The Morgan fingerprint density at radius 1 is 1.42 bits per heavy atom. The lowest BCUT2D eigenvalue weighted by Gasteiger charge is -1.92. The highest BCUT2D eigenvalue weighted by Gasteiger charge is 2.01. The van der Waals surface area contributed by atoms with Gasteiger partial charge in [0.2, 0.25) is 0 Å². The minimum absolute atomic E-state index is 1.06. The van der Waals surface area contributed by atoms with Gasteiger partial charge in [-0.3, -0.25) is 0 Å². The van der Waals surface area contributed by atoms with Crippen molar-refractivity contribution in [2.75, 3.05) is 0 Å². The second-order valence-electron chi connectivity index (χ2n) is 3.44. The second kappa shape index (κ2) is 3.18. The minimum atomic E-state index is 1.06. The quantitative estimate of drug-likeness (QED) is 0.645. The van der Waals surface area contributed by atoms with Gasteiger partial charge in [0.15, 0.2) is 0 Å². The summed E-state index contributed by atoms with van der Waals surface area (Å²) < 4.78 is 0. The normalized spacial score (nSPS) is 10.3. The van der Waals surface area contributed by atoms with Crippen molar-refractivity contribution in [3.8, 4) is 0 Å². The van der Waals surface area contributed by atoms with Crippen LogP contribution in [0.3, 0.4) is 0 Å². The third kappa shape index (κ3) is 1.31. The van der Waals surface area contributed by atoms with Gasteiger partial charge in [-0.2, -0.15) is 0 Å². The van der Waals surface area contributed by atoms with E-state index in [4.69, 9.17) is 0 Å². The van der Waals surface area contributed by atoms with E-state index in [9.17, 15) is 0 Å². The summed E-state index contributed by atoms with van der Waals surface area (Å²) in [6, 6.07) is 0. The molecule has 0 fully saturated rings. The van der Waals surface area contributed by atoms with Crippen molar-refractivity contribution in [2.24, 2.45) is 0 Å². The van der Waals surface area contributed by atoms with Gasteiger partial charge >= 0.3 is 0 Å². The van der Waals surface area contributed by atoms with Crippen LogP contribution in [-0.4, -0.2) is 4.98 Å². The van der Waals surface area contributed by atoms with E-state index in [1.807, 2.05) is 0 Å². The second-order valence-corrected chi connectivity index (χ2v) is 3.44. The molecule has 0 radical (unpaired) electrons. The highest BCUT2D eigenvalue weighted by Crippen LogP contribution is 1.98. The Balaban J connectivity index is 3.62. The third-order valence-corrected chi connectivity index (χ3v) is 2.28. The van der Waals surface area contributed by atoms with Crippen LogP contribution in [-0.2, 0) is 6.42 Å². The van der Waals surface area contributed by atoms with Crippen LogP contribution < -0.4 is 10.6 Å². The maximum absolute atomic E-state index is 3.99. The van der Waals surface area contributed by atoms with Crippen molar-refractivity contribution in [1.29, 1.82) is 0 Å². The van der Waals surface area contributed by atoms with E-state index in [1.165, 1.54) is 22.0 Å². The van der Waals surface area contributed by atoms with Gasteiger partial charge < -0.3 is 4.98 Å². The fourth-order valence-corrected chi connectivity index (χ4v) is 1.75. The van der Waals surface area contributed by atoms with Gasteiger partial charge in [0.05, 0.1) is 0 Å². The lowest BCUT2D eigenvalue weighted by Crippen LogP contribution is -2.23. The molecule has 1 aromatic rings. The standard InChI is InChI=1S/C11H17N/c1-6-10-8(4)11(7(2)3)9(5)12-10/h12H,5-6H2,1-4H3. The molecule has 0 bridgehead atoms. The number of rotatable bonds is 1. The molecule has 0 amide bonds. The highest BCUT2D eigenvalue weighted by molar-refractivity contribution is 5.43. The molecule has 1 aromatic heterocycles. The molecule has 0 unspecified atom stereocenters. The van der Waals surface area contributed by atoms with E-state index in [1.54, 1.807) is 0 Å². The lowest BCUT2D eigenvalue weighted by atomic mass is 10.1. The number of H-pyrrole nitrogens is 1. The monoisotopic (exact) mass is 163 g/mol. The Morgan fingerprint density at radius 3 is 2.25 bits per heavy atom. The molecule has 12 heavy (non-hydrogen) atoms. The third-order valence-electron chi connectivity index (χ3n) is 2.28. The van der Waals surface area contributed by atoms with Gasteiger partial charge in [-0.15, -0.1) is 0 Å². The van der Waals surface area contributed by atoms with E-state index in [-0.39, 0.29) is 0 Å². The summed E-state index contributed by atoms with van der Waals surface area (Å²) in [4.78, 5) is 3.31. The molecule has 0 aromatic carbocycles. The molecule has 0 atom stereocenters. The van der Waals surface area contributed by atoms with Gasteiger partial charge in [-0.25, -0.2) is 0 Å². The Hall–Kier alpha value is -0.980. The zero-order valence-corrected chi connectivity index (χ0v) is 8.41. The highest BCUT2D eigenvalue weighted by atomic mass is 14.7. The first kappa shape index (κ1) is 9.11. The molecule has 0 spiro atoms. The summed E-state index contributed by atoms with van der Waals surface area (Å²) in [5, 5.41) is 2.37. The molecular weight excluding hydrogens is 146 g/mol. The van der Waals surface area contributed by atoms with Crippen LogP contribution >= 0.6 is 0 Å². The SMILES string of the molecule is C=c1[nH]c(CC)c(C)c1=C(C)C. The van der Waals surface area contributed by atoms with Crippen molar-refractivity contribution < 1.29 is 0 Å². The topological polar surface area (TPSA) is 15.8 Å². The Kier molecular flexibility index (Phi) is 2.41. The van der Waals surface area contributed by atoms with Crippen LogP contribution in [0, 0.1) is 6.92 Å². The Bertz CT molecular complexity index is 378. The molecule has 1 N–H and O–H groups in total. The summed E-state index contributed by atoms with van der Waals surface area (Å²) in [5.41, 5.74) is 4.02. The molecule has 1 heterocycles. The van der Waals surface area contributed by atoms with Crippen molar-refractivity contribution >= 4 is 12.2 Å². The first-order valence-electron chi connectivity index (χ1n) is 4.41. The van der Waals surface area contributed by atoms with Crippen LogP contribution in [0.25, 0.3) is 12.2 Å². The summed E-state index contributed by atoms with van der Waals surface area (Å²) >= 11 is 0. The number of nitrogens with one attached hydrogen (secondary N) is 1. The smallest absolute Gasteiger partial charge is 0.0385 e. The molecule has 0 aliphatic carbocycles. The lowest BCUT2D eigenvalue weighted by molar-refractivity contribution is 1.03.